The molecule has 2 rings (SSSR count). The number of methoxy groups -OCH3 is 1. The number of rotatable bonds is 4. The lowest BCUT2D eigenvalue weighted by atomic mass is 10.3. The van der Waals surface area contributed by atoms with Crippen LogP contribution < -0.4 is 11.2 Å². The fourth-order valence-electron chi connectivity index (χ4n) is 2.23. The van der Waals surface area contributed by atoms with Crippen LogP contribution in [0.4, 0.5) is 0 Å². The number of imidazole rings is 1. The Morgan fingerprint density at radius 2 is 2.00 bits per heavy atom. The Balaban J connectivity index is 2.82. The molecule has 9 nitrogen and oxygen atoms in total. The van der Waals surface area contributed by atoms with E-state index in [0.29, 0.717) is 0 Å². The molecule has 1 atom stereocenters. The van der Waals surface area contributed by atoms with Gasteiger partial charge in [0.25, 0.3) is 5.56 Å². The molecular formula is C13H16N4O5. The van der Waals surface area contributed by atoms with Gasteiger partial charge in [-0.1, -0.05) is 0 Å². The van der Waals surface area contributed by atoms with E-state index < -0.39 is 23.3 Å². The zero-order chi connectivity index (χ0) is 16.6. The van der Waals surface area contributed by atoms with Gasteiger partial charge in [0.05, 0.1) is 20.0 Å². The zero-order valence-corrected chi connectivity index (χ0v) is 12.7. The first-order chi connectivity index (χ1) is 10.3. The SMILES string of the molecule is COC(=O)C(C)n1cnc2c1c(=O)n(CC(C)=O)c(=O)n2C. The van der Waals surface area contributed by atoms with Gasteiger partial charge in [0.15, 0.2) is 11.2 Å². The number of ketones is 1. The largest absolute Gasteiger partial charge is 0.467 e. The summed E-state index contributed by atoms with van der Waals surface area (Å²) in [5.74, 6) is -0.878. The Kier molecular flexibility index (Phi) is 3.98. The Morgan fingerprint density at radius 3 is 2.55 bits per heavy atom. The van der Waals surface area contributed by atoms with Gasteiger partial charge in [0.2, 0.25) is 0 Å². The van der Waals surface area contributed by atoms with Crippen molar-refractivity contribution in [3.8, 4) is 0 Å². The predicted molar refractivity (Wildman–Crippen MR) is 76.6 cm³/mol. The van der Waals surface area contributed by atoms with Gasteiger partial charge in [-0.25, -0.2) is 14.6 Å². The number of hydrogen-bond donors (Lipinski definition) is 0. The van der Waals surface area contributed by atoms with E-state index in [1.54, 1.807) is 6.92 Å². The molecule has 0 saturated carbocycles. The standard InChI is InChI=1S/C13H16N4O5/c1-7(18)5-16-11(19)9-10(15(3)13(16)21)14-6-17(9)8(2)12(20)22-4/h6,8H,5H2,1-4H3. The molecule has 0 bridgehead atoms. The topological polar surface area (TPSA) is 105 Å². The molecule has 1 unspecified atom stereocenters. The zero-order valence-electron chi connectivity index (χ0n) is 12.7. The van der Waals surface area contributed by atoms with Crippen LogP contribution in [0.25, 0.3) is 11.2 Å². The first-order valence-electron chi connectivity index (χ1n) is 6.53. The Labute approximate surface area is 124 Å². The molecule has 118 valence electrons. The summed E-state index contributed by atoms with van der Waals surface area (Å²) in [4.78, 5) is 51.6. The molecular weight excluding hydrogens is 292 g/mol. The number of carbonyl (C=O) groups is 2. The van der Waals surface area contributed by atoms with Gasteiger partial charge >= 0.3 is 11.7 Å². The van der Waals surface area contributed by atoms with E-state index in [0.717, 1.165) is 4.57 Å². The lowest BCUT2D eigenvalue weighted by molar-refractivity contribution is -0.143. The minimum absolute atomic E-state index is 0.0706. The summed E-state index contributed by atoms with van der Waals surface area (Å²) in [6.07, 6.45) is 1.30. The van der Waals surface area contributed by atoms with E-state index in [2.05, 4.69) is 9.72 Å². The van der Waals surface area contributed by atoms with Gasteiger partial charge in [-0.2, -0.15) is 0 Å². The number of aromatic nitrogens is 4. The predicted octanol–water partition coefficient (Wildman–Crippen LogP) is -0.780. The van der Waals surface area contributed by atoms with Crippen LogP contribution in [-0.4, -0.2) is 37.5 Å². The second-order valence-corrected chi connectivity index (χ2v) is 4.96. The van der Waals surface area contributed by atoms with Crippen molar-refractivity contribution >= 4 is 22.9 Å². The molecule has 2 aromatic rings. The fraction of sp³-hybridized carbons (Fsp3) is 0.462. The second-order valence-electron chi connectivity index (χ2n) is 4.96. The Hall–Kier alpha value is -2.71. The molecule has 9 heteroatoms. The van der Waals surface area contributed by atoms with Crippen molar-refractivity contribution in [3.63, 3.8) is 0 Å². The van der Waals surface area contributed by atoms with Crippen LogP contribution in [-0.2, 0) is 27.9 Å². The molecule has 0 spiro atoms. The average Bonchev–Trinajstić information content (AvgIpc) is 2.92. The third kappa shape index (κ3) is 2.34. The minimum Gasteiger partial charge on any atom is -0.467 e. The van der Waals surface area contributed by atoms with Crippen molar-refractivity contribution in [1.29, 1.82) is 0 Å². The van der Waals surface area contributed by atoms with Crippen LogP contribution in [0.15, 0.2) is 15.9 Å². The molecule has 0 aromatic carbocycles. The number of Topliss-reactive ketones (excluding diaryl/α,β-unsaturated/α-hetero) is 1. The number of ether oxygens (including phenoxy) is 1. The molecule has 0 N–H and O–H groups in total. The van der Waals surface area contributed by atoms with Crippen LogP contribution >= 0.6 is 0 Å². The Bertz CT molecular complexity index is 873. The number of fused-ring (bicyclic) bond motifs is 1. The molecule has 0 aliphatic carbocycles. The van der Waals surface area contributed by atoms with Crippen LogP contribution in [0.3, 0.4) is 0 Å². The van der Waals surface area contributed by atoms with Gasteiger partial charge in [0, 0.05) is 7.05 Å². The van der Waals surface area contributed by atoms with E-state index in [9.17, 15) is 19.2 Å². The van der Waals surface area contributed by atoms with Crippen molar-refractivity contribution in [2.45, 2.75) is 26.4 Å². The van der Waals surface area contributed by atoms with Crippen molar-refractivity contribution in [1.82, 2.24) is 18.7 Å². The maximum atomic E-state index is 12.5. The first kappa shape index (κ1) is 15.7. The van der Waals surface area contributed by atoms with Crippen molar-refractivity contribution in [2.24, 2.45) is 7.05 Å². The van der Waals surface area contributed by atoms with Gasteiger partial charge in [-0.05, 0) is 13.8 Å². The highest BCUT2D eigenvalue weighted by Gasteiger charge is 2.23. The smallest absolute Gasteiger partial charge is 0.332 e. The van der Waals surface area contributed by atoms with Crippen molar-refractivity contribution in [2.75, 3.05) is 7.11 Å². The summed E-state index contributed by atoms with van der Waals surface area (Å²) < 4.78 is 7.98. The average molecular weight is 308 g/mol. The summed E-state index contributed by atoms with van der Waals surface area (Å²) in [5, 5.41) is 0. The second kappa shape index (κ2) is 5.58. The summed E-state index contributed by atoms with van der Waals surface area (Å²) >= 11 is 0. The number of aryl methyl sites for hydroxylation is 1. The summed E-state index contributed by atoms with van der Waals surface area (Å²) in [7, 11) is 2.68. The lowest BCUT2D eigenvalue weighted by Gasteiger charge is -2.12. The minimum atomic E-state index is -0.786. The summed E-state index contributed by atoms with van der Waals surface area (Å²) in [6.45, 7) is 2.50. The molecule has 22 heavy (non-hydrogen) atoms. The molecule has 2 aromatic heterocycles. The number of nitrogens with zero attached hydrogens (tertiary/aromatic N) is 4. The molecule has 0 saturated heterocycles. The van der Waals surface area contributed by atoms with E-state index in [1.165, 1.54) is 36.5 Å². The number of esters is 1. The molecule has 0 amide bonds. The summed E-state index contributed by atoms with van der Waals surface area (Å²) in [6, 6.07) is -0.786. The van der Waals surface area contributed by atoms with Crippen LogP contribution in [0.2, 0.25) is 0 Å². The van der Waals surface area contributed by atoms with Crippen molar-refractivity contribution < 1.29 is 14.3 Å². The normalized spacial score (nSPS) is 12.4. The molecule has 0 aliphatic heterocycles. The van der Waals surface area contributed by atoms with Gasteiger partial charge in [0.1, 0.15) is 11.8 Å². The number of carbonyl (C=O) groups excluding carboxylic acids is 2. The van der Waals surface area contributed by atoms with Crippen LogP contribution in [0.5, 0.6) is 0 Å². The Morgan fingerprint density at radius 1 is 1.36 bits per heavy atom. The highest BCUT2D eigenvalue weighted by molar-refractivity contribution is 5.79. The molecule has 0 radical (unpaired) electrons. The van der Waals surface area contributed by atoms with E-state index in [-0.39, 0.29) is 23.5 Å². The molecule has 2 heterocycles. The van der Waals surface area contributed by atoms with Crippen LogP contribution in [0, 0.1) is 0 Å². The highest BCUT2D eigenvalue weighted by atomic mass is 16.5. The maximum Gasteiger partial charge on any atom is 0.332 e. The van der Waals surface area contributed by atoms with E-state index >= 15 is 0 Å². The quantitative estimate of drug-likeness (QED) is 0.686. The van der Waals surface area contributed by atoms with Crippen LogP contribution in [0.1, 0.15) is 19.9 Å². The summed E-state index contributed by atoms with van der Waals surface area (Å²) in [5.41, 5.74) is -1.09. The van der Waals surface area contributed by atoms with Gasteiger partial charge in [-0.15, -0.1) is 0 Å². The van der Waals surface area contributed by atoms with Crippen molar-refractivity contribution in [3.05, 3.63) is 27.2 Å². The fourth-order valence-corrected chi connectivity index (χ4v) is 2.23. The number of hydrogen-bond acceptors (Lipinski definition) is 6. The lowest BCUT2D eigenvalue weighted by Crippen LogP contribution is -2.41. The molecule has 0 fully saturated rings. The van der Waals surface area contributed by atoms with E-state index in [1.807, 2.05) is 0 Å². The van der Waals surface area contributed by atoms with Gasteiger partial charge < -0.3 is 9.30 Å². The third-order valence-corrected chi connectivity index (χ3v) is 3.40. The highest BCUT2D eigenvalue weighted by Crippen LogP contribution is 2.14. The maximum absolute atomic E-state index is 12.5. The van der Waals surface area contributed by atoms with E-state index in [4.69, 9.17) is 0 Å². The monoisotopic (exact) mass is 308 g/mol. The third-order valence-electron chi connectivity index (χ3n) is 3.40. The van der Waals surface area contributed by atoms with Gasteiger partial charge in [-0.3, -0.25) is 18.7 Å². The molecule has 0 aliphatic rings. The first-order valence-corrected chi connectivity index (χ1v) is 6.53.